The van der Waals surface area contributed by atoms with Crippen LogP contribution in [0.1, 0.15) is 41.5 Å². The van der Waals surface area contributed by atoms with Crippen LogP contribution in [0.2, 0.25) is 0 Å². The molecule has 41 heavy (non-hydrogen) atoms. The smallest absolute Gasteiger partial charge is 0.327 e. The third kappa shape index (κ3) is 8.42. The molecule has 0 spiro atoms. The molecule has 0 radical (unpaired) electrons. The van der Waals surface area contributed by atoms with Gasteiger partial charge in [-0.15, -0.1) is 4.31 Å². The van der Waals surface area contributed by atoms with Crippen molar-refractivity contribution in [2.45, 2.75) is 82.6 Å². The van der Waals surface area contributed by atoms with Crippen molar-refractivity contribution in [2.75, 3.05) is 13.2 Å². The maximum atomic E-state index is 14.1. The molecule has 1 aromatic carbocycles. The molecule has 1 fully saturated rings. The van der Waals surface area contributed by atoms with Crippen molar-refractivity contribution in [2.24, 2.45) is 0 Å². The van der Waals surface area contributed by atoms with E-state index in [0.717, 1.165) is 32.9 Å². The van der Waals surface area contributed by atoms with Gasteiger partial charge in [-0.2, -0.15) is 0 Å². The second kappa shape index (κ2) is 13.3. The van der Waals surface area contributed by atoms with Crippen molar-refractivity contribution in [3.05, 3.63) is 34.4 Å². The van der Waals surface area contributed by atoms with E-state index in [4.69, 9.17) is 23.7 Å². The van der Waals surface area contributed by atoms with Gasteiger partial charge in [0.15, 0.2) is 23.3 Å². The molecule has 0 aromatic heterocycles. The number of rotatable bonds is 11. The van der Waals surface area contributed by atoms with Crippen molar-refractivity contribution in [3.8, 4) is 0 Å². The number of nitrogens with zero attached hydrogens (tertiary/aromatic N) is 2. The molecule has 1 heterocycles. The Morgan fingerprint density at radius 1 is 1.05 bits per heavy atom. The molecule has 1 saturated heterocycles. The predicted molar refractivity (Wildman–Crippen MR) is 135 cm³/mol. The van der Waals surface area contributed by atoms with Crippen LogP contribution in [0.4, 0.5) is 5.69 Å². The molecule has 2 rings (SSSR count). The molecular weight excluding hydrogens is 572 g/mol. The first-order valence-corrected chi connectivity index (χ1v) is 13.6. The average molecular weight is 605 g/mol. The maximum Gasteiger partial charge on any atom is 0.327 e. The number of aliphatic hydroxyl groups is 1. The minimum absolute atomic E-state index is 0.265. The number of hydrogen-bond acceptors (Lipinski definition) is 14. The minimum atomic E-state index is -5.18. The highest BCUT2D eigenvalue weighted by Crippen LogP contribution is 2.37. The van der Waals surface area contributed by atoms with Crippen LogP contribution in [0.5, 0.6) is 0 Å². The van der Waals surface area contributed by atoms with Gasteiger partial charge in [0.1, 0.15) is 24.4 Å². The molecular formula is C24H32N2O14S. The SMILES string of the molecule is CC(=O)OC[C@@H]1O[C@@H](N([C@@H](CO)C(=O)OC(C)(C)C)S(=O)(=O)c2ccccc2[N+](=O)[O-])[C@H](OC(C)=O)[C@H]1OC(C)=O. The fourth-order valence-corrected chi connectivity index (χ4v) is 5.76. The number of esters is 4. The number of aliphatic hydroxyl groups excluding tert-OH is 1. The van der Waals surface area contributed by atoms with Crippen LogP contribution in [-0.2, 0) is 52.9 Å². The highest BCUT2D eigenvalue weighted by Gasteiger charge is 2.58. The Labute approximate surface area is 235 Å². The molecule has 16 nitrogen and oxygen atoms in total. The molecule has 1 aliphatic heterocycles. The number of nitro benzene ring substituents is 1. The van der Waals surface area contributed by atoms with Gasteiger partial charge >= 0.3 is 23.9 Å². The molecule has 1 aromatic rings. The molecule has 1 aliphatic rings. The van der Waals surface area contributed by atoms with Crippen molar-refractivity contribution >= 4 is 39.6 Å². The number of nitro groups is 1. The third-order valence-corrected chi connectivity index (χ3v) is 7.29. The van der Waals surface area contributed by atoms with Crippen molar-refractivity contribution < 1.29 is 61.3 Å². The van der Waals surface area contributed by atoms with E-state index in [1.807, 2.05) is 0 Å². The van der Waals surface area contributed by atoms with Gasteiger partial charge in [0.25, 0.3) is 15.7 Å². The number of hydrogen-bond donors (Lipinski definition) is 1. The van der Waals surface area contributed by atoms with E-state index in [1.54, 1.807) is 0 Å². The summed E-state index contributed by atoms with van der Waals surface area (Å²) in [6.45, 7) is 5.61. The zero-order valence-corrected chi connectivity index (χ0v) is 24.0. The first-order valence-electron chi connectivity index (χ1n) is 12.1. The van der Waals surface area contributed by atoms with Crippen molar-refractivity contribution in [1.82, 2.24) is 4.31 Å². The average Bonchev–Trinajstić information content (AvgIpc) is 3.14. The zero-order chi connectivity index (χ0) is 31.3. The predicted octanol–water partition coefficient (Wildman–Crippen LogP) is 0.440. The van der Waals surface area contributed by atoms with E-state index in [-0.39, 0.29) is 4.31 Å². The minimum Gasteiger partial charge on any atom is -0.463 e. The highest BCUT2D eigenvalue weighted by molar-refractivity contribution is 7.89. The van der Waals surface area contributed by atoms with Gasteiger partial charge in [-0.25, -0.2) is 8.42 Å². The van der Waals surface area contributed by atoms with E-state index in [0.29, 0.717) is 0 Å². The third-order valence-electron chi connectivity index (χ3n) is 5.37. The summed E-state index contributed by atoms with van der Waals surface area (Å²) < 4.78 is 55.1. The van der Waals surface area contributed by atoms with Crippen LogP contribution in [0.3, 0.4) is 0 Å². The van der Waals surface area contributed by atoms with Crippen LogP contribution in [0.25, 0.3) is 0 Å². The lowest BCUT2D eigenvalue weighted by Crippen LogP contribution is -2.58. The summed E-state index contributed by atoms with van der Waals surface area (Å²) in [4.78, 5) is 58.6. The molecule has 5 atom stereocenters. The normalized spacial score (nSPS) is 21.6. The molecule has 0 aliphatic carbocycles. The van der Waals surface area contributed by atoms with Gasteiger partial charge < -0.3 is 28.8 Å². The lowest BCUT2D eigenvalue weighted by molar-refractivity contribution is -0.387. The molecule has 1 N–H and O–H groups in total. The topological polar surface area (TPSA) is 215 Å². The highest BCUT2D eigenvalue weighted by atomic mass is 32.2. The Hall–Kier alpha value is -3.67. The molecule has 0 saturated carbocycles. The summed E-state index contributed by atoms with van der Waals surface area (Å²) in [6, 6.07) is 2.08. The molecule has 228 valence electrons. The number of ether oxygens (including phenoxy) is 5. The van der Waals surface area contributed by atoms with Crippen molar-refractivity contribution in [1.29, 1.82) is 0 Å². The summed E-state index contributed by atoms with van der Waals surface area (Å²) >= 11 is 0. The monoisotopic (exact) mass is 604 g/mol. The summed E-state index contributed by atoms with van der Waals surface area (Å²) in [5.74, 6) is -3.97. The van der Waals surface area contributed by atoms with E-state index in [2.05, 4.69) is 0 Å². The Morgan fingerprint density at radius 2 is 1.61 bits per heavy atom. The molecule has 0 unspecified atom stereocenters. The Balaban J connectivity index is 2.85. The molecule has 0 bridgehead atoms. The fraction of sp³-hybridized carbons (Fsp3) is 0.583. The standard InChI is InChI=1S/C24H32N2O14S/c1-13(28)36-12-18-20(37-14(2)29)21(38-15(3)30)22(39-18)25(17(11-27)23(31)40-24(4,5)6)41(34,35)19-10-8-7-9-16(19)26(32)33/h7-10,17-18,20-22,27H,11-12H2,1-6H3/t17-,18-,20-,21+,22+/m0/s1. The summed E-state index contributed by atoms with van der Waals surface area (Å²) in [5, 5.41) is 22.0. The number of para-hydroxylation sites is 1. The molecule has 0 amide bonds. The second-order valence-electron chi connectivity index (χ2n) is 9.81. The van der Waals surface area contributed by atoms with E-state index >= 15 is 0 Å². The zero-order valence-electron chi connectivity index (χ0n) is 23.2. The number of carbonyl (C=O) groups is 4. The van der Waals surface area contributed by atoms with E-state index < -0.39 is 98.8 Å². The van der Waals surface area contributed by atoms with Gasteiger partial charge in [0.2, 0.25) is 0 Å². The maximum absolute atomic E-state index is 14.1. The van der Waals surface area contributed by atoms with Gasteiger partial charge in [0, 0.05) is 26.8 Å². The summed E-state index contributed by atoms with van der Waals surface area (Å²) in [5.41, 5.74) is -2.06. The number of sulfonamides is 1. The fourth-order valence-electron chi connectivity index (χ4n) is 3.95. The summed E-state index contributed by atoms with van der Waals surface area (Å²) in [6.07, 6.45) is -6.87. The largest absolute Gasteiger partial charge is 0.463 e. The van der Waals surface area contributed by atoms with Crippen LogP contribution >= 0.6 is 0 Å². The van der Waals surface area contributed by atoms with Crippen molar-refractivity contribution in [3.63, 3.8) is 0 Å². The van der Waals surface area contributed by atoms with Crippen LogP contribution in [0.15, 0.2) is 29.2 Å². The van der Waals surface area contributed by atoms with Crippen LogP contribution in [0, 0.1) is 10.1 Å². The van der Waals surface area contributed by atoms with E-state index in [1.165, 1.54) is 32.9 Å². The van der Waals surface area contributed by atoms with Gasteiger partial charge in [0.05, 0.1) is 11.5 Å². The first-order chi connectivity index (χ1) is 18.9. The number of carbonyl (C=O) groups excluding carboxylic acids is 4. The van der Waals surface area contributed by atoms with Gasteiger partial charge in [-0.1, -0.05) is 12.1 Å². The Kier molecular flexibility index (Phi) is 10.9. The first kappa shape index (κ1) is 33.5. The van der Waals surface area contributed by atoms with Gasteiger partial charge in [-0.05, 0) is 26.8 Å². The summed E-state index contributed by atoms with van der Waals surface area (Å²) in [7, 11) is -5.18. The number of benzene rings is 1. The van der Waals surface area contributed by atoms with Crippen LogP contribution < -0.4 is 0 Å². The lowest BCUT2D eigenvalue weighted by atomic mass is 10.1. The second-order valence-corrected chi connectivity index (χ2v) is 11.6. The van der Waals surface area contributed by atoms with Gasteiger partial charge in [-0.3, -0.25) is 29.3 Å². The quantitative estimate of drug-likeness (QED) is 0.157. The van der Waals surface area contributed by atoms with Crippen LogP contribution in [-0.4, -0.2) is 96.0 Å². The lowest BCUT2D eigenvalue weighted by Gasteiger charge is -2.35. The molecule has 17 heteroatoms. The Bertz CT molecular complexity index is 1280. The van der Waals surface area contributed by atoms with E-state index in [9.17, 15) is 42.8 Å². The Morgan fingerprint density at radius 3 is 2.10 bits per heavy atom.